The predicted molar refractivity (Wildman–Crippen MR) is 54.5 cm³/mol. The molecular weight excluding hydrogens is 207 g/mol. The Bertz CT molecular complexity index is 448. The van der Waals surface area contributed by atoms with E-state index in [9.17, 15) is 0 Å². The zero-order chi connectivity index (χ0) is 9.42. The summed E-state index contributed by atoms with van der Waals surface area (Å²) in [5, 5.41) is 0.663. The number of halogens is 2. The van der Waals surface area contributed by atoms with Crippen LogP contribution in [0.5, 0.6) is 0 Å². The van der Waals surface area contributed by atoms with Crippen LogP contribution < -0.4 is 0 Å². The number of rotatable bonds is 1. The molecule has 0 aliphatic carbocycles. The lowest BCUT2D eigenvalue weighted by atomic mass is 10.3. The molecule has 2 nitrogen and oxygen atoms in total. The van der Waals surface area contributed by atoms with E-state index in [-0.39, 0.29) is 0 Å². The second-order valence-electron chi connectivity index (χ2n) is 2.94. The van der Waals surface area contributed by atoms with Gasteiger partial charge in [-0.05, 0) is 18.6 Å². The lowest BCUT2D eigenvalue weighted by molar-refractivity contribution is 1.07. The summed E-state index contributed by atoms with van der Waals surface area (Å²) in [4.78, 5) is 4.18. The Morgan fingerprint density at radius 3 is 3.00 bits per heavy atom. The number of pyridine rings is 1. The van der Waals surface area contributed by atoms with Crippen molar-refractivity contribution in [3.05, 3.63) is 34.7 Å². The van der Waals surface area contributed by atoms with Gasteiger partial charge in [0.1, 0.15) is 0 Å². The van der Waals surface area contributed by atoms with Crippen LogP contribution in [0.2, 0.25) is 5.02 Å². The number of hydrogen-bond acceptors (Lipinski definition) is 1. The molecular formula is C9H8Cl2N2. The zero-order valence-electron chi connectivity index (χ0n) is 7.09. The number of fused-ring (bicyclic) bond motifs is 1. The molecule has 0 bridgehead atoms. The van der Waals surface area contributed by atoms with Crippen LogP contribution in [0.1, 0.15) is 11.3 Å². The summed E-state index contributed by atoms with van der Waals surface area (Å²) in [5.41, 5.74) is 2.83. The number of hydrogen-bond donors (Lipinski definition) is 0. The van der Waals surface area contributed by atoms with Gasteiger partial charge in [0, 0.05) is 6.20 Å². The van der Waals surface area contributed by atoms with Crippen LogP contribution in [0.3, 0.4) is 0 Å². The molecule has 0 aromatic carbocycles. The fourth-order valence-electron chi connectivity index (χ4n) is 1.32. The van der Waals surface area contributed by atoms with Gasteiger partial charge in [0.05, 0.1) is 22.8 Å². The first-order chi connectivity index (χ1) is 6.22. The van der Waals surface area contributed by atoms with Crippen molar-refractivity contribution in [3.63, 3.8) is 0 Å². The maximum absolute atomic E-state index is 6.01. The third-order valence-corrected chi connectivity index (χ3v) is 2.46. The Kier molecular flexibility index (Phi) is 2.18. The van der Waals surface area contributed by atoms with Crippen LogP contribution >= 0.6 is 23.2 Å². The first-order valence-electron chi connectivity index (χ1n) is 3.90. The van der Waals surface area contributed by atoms with Crippen molar-refractivity contribution in [3.8, 4) is 0 Å². The molecule has 0 aliphatic rings. The van der Waals surface area contributed by atoms with Gasteiger partial charge in [-0.1, -0.05) is 11.6 Å². The van der Waals surface area contributed by atoms with Crippen molar-refractivity contribution in [2.75, 3.05) is 0 Å². The Morgan fingerprint density at radius 2 is 2.31 bits per heavy atom. The fraction of sp³-hybridized carbons (Fsp3) is 0.222. The Hall–Kier alpha value is -0.730. The van der Waals surface area contributed by atoms with E-state index in [2.05, 4.69) is 4.98 Å². The second-order valence-corrected chi connectivity index (χ2v) is 3.62. The topological polar surface area (TPSA) is 17.3 Å². The van der Waals surface area contributed by atoms with Crippen molar-refractivity contribution in [2.45, 2.75) is 12.8 Å². The van der Waals surface area contributed by atoms with E-state index in [0.29, 0.717) is 10.9 Å². The number of aryl methyl sites for hydroxylation is 1. The van der Waals surface area contributed by atoms with Gasteiger partial charge in [-0.15, -0.1) is 11.6 Å². The Balaban J connectivity index is 2.82. The van der Waals surface area contributed by atoms with Gasteiger partial charge in [0.2, 0.25) is 0 Å². The van der Waals surface area contributed by atoms with E-state index in [1.54, 1.807) is 6.20 Å². The lowest BCUT2D eigenvalue weighted by Gasteiger charge is -2.01. The van der Waals surface area contributed by atoms with Crippen LogP contribution in [0.4, 0.5) is 0 Å². The van der Waals surface area contributed by atoms with Crippen LogP contribution in [0.15, 0.2) is 18.5 Å². The maximum Gasteiger partial charge on any atom is 0.155 e. The summed E-state index contributed by atoms with van der Waals surface area (Å²) >= 11 is 11.8. The van der Waals surface area contributed by atoms with E-state index in [4.69, 9.17) is 23.2 Å². The highest BCUT2D eigenvalue weighted by Crippen LogP contribution is 2.19. The van der Waals surface area contributed by atoms with E-state index in [1.165, 1.54) is 0 Å². The largest absolute Gasteiger partial charge is 0.301 e. The van der Waals surface area contributed by atoms with Crippen LogP contribution in [0, 0.1) is 6.92 Å². The van der Waals surface area contributed by atoms with Gasteiger partial charge in [-0.2, -0.15) is 0 Å². The molecule has 68 valence electrons. The highest BCUT2D eigenvalue weighted by atomic mass is 35.5. The molecule has 0 saturated carbocycles. The first kappa shape index (κ1) is 8.85. The molecule has 0 atom stereocenters. The van der Waals surface area contributed by atoms with Crippen LogP contribution in [-0.2, 0) is 5.88 Å². The van der Waals surface area contributed by atoms with E-state index < -0.39 is 0 Å². The van der Waals surface area contributed by atoms with E-state index >= 15 is 0 Å². The molecule has 0 aliphatic heterocycles. The minimum atomic E-state index is 0.445. The minimum absolute atomic E-state index is 0.445. The monoisotopic (exact) mass is 214 g/mol. The summed E-state index contributed by atoms with van der Waals surface area (Å²) in [6.07, 6.45) is 3.72. The zero-order valence-corrected chi connectivity index (χ0v) is 8.60. The number of nitrogens with zero attached hydrogens (tertiary/aromatic N) is 2. The molecule has 0 unspecified atom stereocenters. The van der Waals surface area contributed by atoms with Crippen molar-refractivity contribution in [1.82, 2.24) is 9.38 Å². The third kappa shape index (κ3) is 1.40. The predicted octanol–water partition coefficient (Wildman–Crippen LogP) is 3.03. The smallest absolute Gasteiger partial charge is 0.155 e. The fourth-order valence-corrected chi connectivity index (χ4v) is 1.83. The molecule has 0 saturated heterocycles. The highest BCUT2D eigenvalue weighted by molar-refractivity contribution is 6.33. The normalized spacial score (nSPS) is 11.0. The van der Waals surface area contributed by atoms with Crippen molar-refractivity contribution >= 4 is 28.8 Å². The molecule has 0 amide bonds. The average molecular weight is 215 g/mol. The van der Waals surface area contributed by atoms with Gasteiger partial charge in [-0.25, -0.2) is 4.98 Å². The number of imidazole rings is 1. The number of aromatic nitrogens is 2. The van der Waals surface area contributed by atoms with Gasteiger partial charge in [0.25, 0.3) is 0 Å². The molecule has 0 fully saturated rings. The standard InChI is InChI=1S/C9H8Cl2N2/c1-6-2-8(11)9-12-4-7(3-10)13(9)5-6/h2,4-5H,3H2,1H3. The molecule has 2 rings (SSSR count). The van der Waals surface area contributed by atoms with E-state index in [0.717, 1.165) is 16.9 Å². The van der Waals surface area contributed by atoms with E-state index in [1.807, 2.05) is 23.6 Å². The van der Waals surface area contributed by atoms with Crippen molar-refractivity contribution in [1.29, 1.82) is 0 Å². The van der Waals surface area contributed by atoms with Crippen LogP contribution in [0.25, 0.3) is 5.65 Å². The molecule has 2 aromatic heterocycles. The van der Waals surface area contributed by atoms with Crippen molar-refractivity contribution < 1.29 is 0 Å². The molecule has 0 N–H and O–H groups in total. The average Bonchev–Trinajstić information content (AvgIpc) is 2.47. The molecule has 4 heteroatoms. The maximum atomic E-state index is 6.01. The van der Waals surface area contributed by atoms with Gasteiger partial charge < -0.3 is 4.40 Å². The SMILES string of the molecule is Cc1cc(Cl)c2ncc(CCl)n2c1. The molecule has 2 aromatic rings. The molecule has 0 spiro atoms. The summed E-state index contributed by atoms with van der Waals surface area (Å²) in [6.45, 7) is 1.99. The minimum Gasteiger partial charge on any atom is -0.301 e. The molecule has 0 radical (unpaired) electrons. The van der Waals surface area contributed by atoms with Gasteiger partial charge in [-0.3, -0.25) is 0 Å². The Morgan fingerprint density at radius 1 is 1.54 bits per heavy atom. The second kappa shape index (κ2) is 3.20. The first-order valence-corrected chi connectivity index (χ1v) is 4.81. The molecule has 2 heterocycles. The third-order valence-electron chi connectivity index (χ3n) is 1.91. The van der Waals surface area contributed by atoms with Gasteiger partial charge in [0.15, 0.2) is 5.65 Å². The quantitative estimate of drug-likeness (QED) is 0.668. The summed E-state index contributed by atoms with van der Waals surface area (Å²) in [5.74, 6) is 0.445. The van der Waals surface area contributed by atoms with Gasteiger partial charge >= 0.3 is 0 Å². The number of alkyl halides is 1. The lowest BCUT2D eigenvalue weighted by Crippen LogP contribution is -1.91. The summed E-state index contributed by atoms with van der Waals surface area (Å²) in [6, 6.07) is 1.89. The molecule has 13 heavy (non-hydrogen) atoms. The van der Waals surface area contributed by atoms with Crippen LogP contribution in [-0.4, -0.2) is 9.38 Å². The summed E-state index contributed by atoms with van der Waals surface area (Å²) < 4.78 is 1.92. The highest BCUT2D eigenvalue weighted by Gasteiger charge is 2.05. The van der Waals surface area contributed by atoms with Crippen molar-refractivity contribution in [2.24, 2.45) is 0 Å². The Labute approximate surface area is 86.1 Å². The summed E-state index contributed by atoms with van der Waals surface area (Å²) in [7, 11) is 0.